The molecule has 1 heterocycles. The van der Waals surface area contributed by atoms with E-state index in [1.807, 2.05) is 25.1 Å². The van der Waals surface area contributed by atoms with Gasteiger partial charge in [-0.25, -0.2) is 4.79 Å². The SMILES string of the molecule is CC1CC(C)(C)N(C(C)NC(N)=O)c2ccc(N)cc21. The number of fused-ring (bicyclic) bond motifs is 1. The molecule has 1 aromatic rings. The van der Waals surface area contributed by atoms with E-state index in [0.717, 1.165) is 17.8 Å². The molecule has 2 unspecified atom stereocenters. The number of carbonyl (C=O) groups excluding carboxylic acids is 1. The summed E-state index contributed by atoms with van der Waals surface area (Å²) in [5.74, 6) is 0.431. The van der Waals surface area contributed by atoms with Crippen LogP contribution < -0.4 is 21.7 Å². The van der Waals surface area contributed by atoms with E-state index in [1.165, 1.54) is 5.56 Å². The Morgan fingerprint density at radius 2 is 2.15 bits per heavy atom. The van der Waals surface area contributed by atoms with Gasteiger partial charge in [-0.1, -0.05) is 6.92 Å². The minimum Gasteiger partial charge on any atom is -0.399 e. The summed E-state index contributed by atoms with van der Waals surface area (Å²) >= 11 is 0. The second-order valence-electron chi connectivity index (χ2n) is 6.29. The fraction of sp³-hybridized carbons (Fsp3) is 0.533. The number of benzene rings is 1. The van der Waals surface area contributed by atoms with Gasteiger partial charge in [0.2, 0.25) is 0 Å². The van der Waals surface area contributed by atoms with Gasteiger partial charge in [0.05, 0.1) is 0 Å². The van der Waals surface area contributed by atoms with Crippen molar-refractivity contribution in [3.05, 3.63) is 23.8 Å². The zero-order chi connectivity index (χ0) is 15.1. The highest BCUT2D eigenvalue weighted by molar-refractivity contribution is 5.73. The molecule has 2 amide bonds. The molecule has 0 radical (unpaired) electrons. The van der Waals surface area contributed by atoms with E-state index < -0.39 is 6.03 Å². The number of hydrogen-bond acceptors (Lipinski definition) is 3. The Hall–Kier alpha value is -1.91. The van der Waals surface area contributed by atoms with Crippen LogP contribution in [0.3, 0.4) is 0 Å². The molecule has 5 N–H and O–H groups in total. The molecule has 110 valence electrons. The Morgan fingerprint density at radius 3 is 2.75 bits per heavy atom. The number of rotatable bonds is 2. The molecule has 20 heavy (non-hydrogen) atoms. The minimum absolute atomic E-state index is 0.0651. The van der Waals surface area contributed by atoms with E-state index in [0.29, 0.717) is 5.92 Å². The summed E-state index contributed by atoms with van der Waals surface area (Å²) in [4.78, 5) is 13.4. The van der Waals surface area contributed by atoms with Gasteiger partial charge in [0, 0.05) is 16.9 Å². The summed E-state index contributed by atoms with van der Waals surface area (Å²) in [5.41, 5.74) is 14.2. The van der Waals surface area contributed by atoms with Gasteiger partial charge in [-0.05, 0) is 56.9 Å². The Bertz CT molecular complexity index is 527. The van der Waals surface area contributed by atoms with E-state index in [1.54, 1.807) is 0 Å². The lowest BCUT2D eigenvalue weighted by molar-refractivity contribution is 0.241. The lowest BCUT2D eigenvalue weighted by Gasteiger charge is -2.50. The highest BCUT2D eigenvalue weighted by Crippen LogP contribution is 2.44. The fourth-order valence-corrected chi connectivity index (χ4v) is 3.47. The standard InChI is InChI=1S/C15H24N4O/c1-9-8-15(3,4)19(10(2)18-14(17)20)13-6-5-11(16)7-12(9)13/h5-7,9-10H,8,16H2,1-4H3,(H3,17,18,20). The van der Waals surface area contributed by atoms with Crippen molar-refractivity contribution in [3.63, 3.8) is 0 Å². The van der Waals surface area contributed by atoms with Crippen LogP contribution in [0, 0.1) is 0 Å². The number of primary amides is 1. The predicted molar refractivity (Wildman–Crippen MR) is 82.6 cm³/mol. The maximum absolute atomic E-state index is 11.2. The summed E-state index contributed by atoms with van der Waals surface area (Å²) in [6.07, 6.45) is 0.825. The summed E-state index contributed by atoms with van der Waals surface area (Å²) in [7, 11) is 0. The minimum atomic E-state index is -0.510. The van der Waals surface area contributed by atoms with Crippen molar-refractivity contribution in [2.75, 3.05) is 10.6 Å². The van der Waals surface area contributed by atoms with Gasteiger partial charge in [0.25, 0.3) is 0 Å². The Kier molecular flexibility index (Phi) is 3.54. The van der Waals surface area contributed by atoms with Crippen molar-refractivity contribution in [1.29, 1.82) is 0 Å². The Morgan fingerprint density at radius 1 is 1.50 bits per heavy atom. The molecule has 1 aliphatic rings. The molecule has 0 fully saturated rings. The van der Waals surface area contributed by atoms with E-state index in [9.17, 15) is 4.79 Å². The van der Waals surface area contributed by atoms with Gasteiger partial charge in [0.15, 0.2) is 0 Å². The summed E-state index contributed by atoms with van der Waals surface area (Å²) in [5, 5.41) is 2.77. The number of nitrogens with one attached hydrogen (secondary N) is 1. The maximum Gasteiger partial charge on any atom is 0.313 e. The van der Waals surface area contributed by atoms with Crippen LogP contribution in [0.2, 0.25) is 0 Å². The number of nitrogen functional groups attached to an aromatic ring is 1. The van der Waals surface area contributed by atoms with E-state index in [4.69, 9.17) is 11.5 Å². The van der Waals surface area contributed by atoms with E-state index in [-0.39, 0.29) is 11.7 Å². The highest BCUT2D eigenvalue weighted by atomic mass is 16.2. The van der Waals surface area contributed by atoms with Crippen LogP contribution in [0.1, 0.15) is 45.6 Å². The first-order valence-corrected chi connectivity index (χ1v) is 6.97. The van der Waals surface area contributed by atoms with Crippen molar-refractivity contribution in [3.8, 4) is 0 Å². The molecule has 5 nitrogen and oxygen atoms in total. The quantitative estimate of drug-likeness (QED) is 0.725. The van der Waals surface area contributed by atoms with Gasteiger partial charge < -0.3 is 21.7 Å². The normalized spacial score (nSPS) is 22.0. The zero-order valence-corrected chi connectivity index (χ0v) is 12.6. The zero-order valence-electron chi connectivity index (χ0n) is 12.6. The molecule has 1 aliphatic heterocycles. The van der Waals surface area contributed by atoms with Crippen molar-refractivity contribution in [2.24, 2.45) is 5.73 Å². The predicted octanol–water partition coefficient (Wildman–Crippen LogP) is 2.38. The summed E-state index contributed by atoms with van der Waals surface area (Å²) in [6, 6.07) is 5.45. The molecule has 2 atom stereocenters. The third-order valence-electron chi connectivity index (χ3n) is 4.04. The van der Waals surface area contributed by atoms with E-state index >= 15 is 0 Å². The highest BCUT2D eigenvalue weighted by Gasteiger charge is 2.39. The Labute approximate surface area is 120 Å². The Balaban J connectivity index is 2.48. The van der Waals surface area contributed by atoms with Crippen molar-refractivity contribution < 1.29 is 4.79 Å². The van der Waals surface area contributed by atoms with Crippen molar-refractivity contribution in [2.45, 2.75) is 51.7 Å². The topological polar surface area (TPSA) is 84.4 Å². The smallest absolute Gasteiger partial charge is 0.313 e. The third kappa shape index (κ3) is 2.53. The molecule has 0 spiro atoms. The molecular weight excluding hydrogens is 252 g/mol. The second-order valence-corrected chi connectivity index (χ2v) is 6.29. The first kappa shape index (κ1) is 14.5. The summed E-state index contributed by atoms with van der Waals surface area (Å²) < 4.78 is 0. The van der Waals surface area contributed by atoms with Crippen LogP contribution in [-0.4, -0.2) is 17.7 Å². The number of carbonyl (C=O) groups is 1. The number of anilines is 2. The molecule has 0 bridgehead atoms. The van der Waals surface area contributed by atoms with Crippen LogP contribution in [0.25, 0.3) is 0 Å². The van der Waals surface area contributed by atoms with Gasteiger partial charge >= 0.3 is 6.03 Å². The van der Waals surface area contributed by atoms with Crippen LogP contribution in [0.15, 0.2) is 18.2 Å². The van der Waals surface area contributed by atoms with Crippen LogP contribution in [-0.2, 0) is 0 Å². The fourth-order valence-electron chi connectivity index (χ4n) is 3.47. The molecule has 5 heteroatoms. The van der Waals surface area contributed by atoms with Crippen molar-refractivity contribution in [1.82, 2.24) is 5.32 Å². The van der Waals surface area contributed by atoms with Crippen LogP contribution in [0.5, 0.6) is 0 Å². The molecule has 0 saturated heterocycles. The van der Waals surface area contributed by atoms with Crippen LogP contribution >= 0.6 is 0 Å². The monoisotopic (exact) mass is 276 g/mol. The van der Waals surface area contributed by atoms with E-state index in [2.05, 4.69) is 31.0 Å². The number of nitrogens with zero attached hydrogens (tertiary/aromatic N) is 1. The average molecular weight is 276 g/mol. The molecule has 0 aliphatic carbocycles. The van der Waals surface area contributed by atoms with Gasteiger partial charge in [-0.3, -0.25) is 0 Å². The first-order chi connectivity index (χ1) is 9.22. The van der Waals surface area contributed by atoms with Gasteiger partial charge in [-0.2, -0.15) is 0 Å². The van der Waals surface area contributed by atoms with Crippen molar-refractivity contribution >= 4 is 17.4 Å². The van der Waals surface area contributed by atoms with Gasteiger partial charge in [0.1, 0.15) is 6.17 Å². The van der Waals surface area contributed by atoms with Gasteiger partial charge in [-0.15, -0.1) is 0 Å². The lowest BCUT2D eigenvalue weighted by Crippen LogP contribution is -2.59. The number of amides is 2. The molecule has 2 rings (SSSR count). The average Bonchev–Trinajstić information content (AvgIpc) is 2.28. The third-order valence-corrected chi connectivity index (χ3v) is 4.04. The summed E-state index contributed by atoms with van der Waals surface area (Å²) in [6.45, 7) is 8.52. The molecule has 1 aromatic carbocycles. The number of hydrogen-bond donors (Lipinski definition) is 3. The van der Waals surface area contributed by atoms with Crippen LogP contribution in [0.4, 0.5) is 16.2 Å². The maximum atomic E-state index is 11.2. The number of nitrogens with two attached hydrogens (primary N) is 2. The first-order valence-electron chi connectivity index (χ1n) is 6.97. The number of urea groups is 1. The lowest BCUT2D eigenvalue weighted by atomic mass is 9.79. The molecular formula is C15H24N4O. The molecule has 0 saturated carbocycles. The largest absolute Gasteiger partial charge is 0.399 e. The molecule has 0 aromatic heterocycles. The second kappa shape index (κ2) is 4.89.